The van der Waals surface area contributed by atoms with E-state index in [9.17, 15) is 4.79 Å². The molecule has 8 heteroatoms. The summed E-state index contributed by atoms with van der Waals surface area (Å²) in [7, 11) is 4.71. The zero-order valence-electron chi connectivity index (χ0n) is 18.7. The Morgan fingerprint density at radius 3 is 2.38 bits per heavy atom. The number of aliphatic imine (C=N–C) groups is 1. The van der Waals surface area contributed by atoms with Crippen LogP contribution in [0.25, 0.3) is 11.0 Å². The van der Waals surface area contributed by atoms with Crippen molar-refractivity contribution in [3.63, 3.8) is 0 Å². The lowest BCUT2D eigenvalue weighted by molar-refractivity contribution is 0.323. The Bertz CT molecular complexity index is 1520. The molecule has 1 atom stereocenters. The van der Waals surface area contributed by atoms with Gasteiger partial charge in [-0.1, -0.05) is 24.3 Å². The minimum atomic E-state index is -0.506. The van der Waals surface area contributed by atoms with Gasteiger partial charge < -0.3 is 23.5 Å². The van der Waals surface area contributed by atoms with E-state index in [4.69, 9.17) is 23.6 Å². The number of amidine groups is 1. The summed E-state index contributed by atoms with van der Waals surface area (Å²) in [5, 5.41) is 1.58. The molecular weight excluding hydrogens is 452 g/mol. The lowest BCUT2D eigenvalue weighted by Crippen LogP contribution is -2.36. The highest BCUT2D eigenvalue weighted by Gasteiger charge is 2.41. The fraction of sp³-hybridized carbons (Fsp3) is 0.154. The first kappa shape index (κ1) is 20.7. The topological polar surface area (TPSA) is 73.5 Å². The number of rotatable bonds is 4. The predicted octanol–water partition coefficient (Wildman–Crippen LogP) is 5.52. The van der Waals surface area contributed by atoms with E-state index in [1.807, 2.05) is 48.5 Å². The van der Waals surface area contributed by atoms with E-state index in [0.717, 1.165) is 26.7 Å². The van der Waals surface area contributed by atoms with Gasteiger partial charge in [0, 0.05) is 10.3 Å². The summed E-state index contributed by atoms with van der Waals surface area (Å²) < 4.78 is 22.5. The molecule has 0 saturated carbocycles. The van der Waals surface area contributed by atoms with Crippen LogP contribution < -0.4 is 24.7 Å². The van der Waals surface area contributed by atoms with Gasteiger partial charge in [0.15, 0.2) is 16.7 Å². The zero-order chi connectivity index (χ0) is 23.4. The van der Waals surface area contributed by atoms with Crippen LogP contribution in [0.2, 0.25) is 0 Å². The van der Waals surface area contributed by atoms with Gasteiger partial charge in [-0.15, -0.1) is 0 Å². The fourth-order valence-electron chi connectivity index (χ4n) is 4.63. The Labute approximate surface area is 199 Å². The van der Waals surface area contributed by atoms with Crippen molar-refractivity contribution >= 4 is 39.3 Å². The maximum Gasteiger partial charge on any atom is 0.344 e. The van der Waals surface area contributed by atoms with Crippen LogP contribution >= 0.6 is 11.8 Å². The summed E-state index contributed by atoms with van der Waals surface area (Å²) in [6, 6.07) is 18.8. The summed E-state index contributed by atoms with van der Waals surface area (Å²) in [4.78, 5) is 21.5. The molecule has 0 radical (unpaired) electrons. The Kier molecular flexibility index (Phi) is 4.77. The Hall–Kier alpha value is -3.91. The lowest BCUT2D eigenvalue weighted by Gasteiger charge is -2.34. The SMILES string of the molecule is COc1cc(C2c3c(c4ccccc4oc3=O)N=C3Sc4ccccc4N32)cc(OC)c1OC. The van der Waals surface area contributed by atoms with Crippen molar-refractivity contribution in [1.29, 1.82) is 0 Å². The molecule has 3 aromatic carbocycles. The molecule has 6 rings (SSSR count). The van der Waals surface area contributed by atoms with Gasteiger partial charge >= 0.3 is 5.63 Å². The lowest BCUT2D eigenvalue weighted by atomic mass is 9.93. The molecule has 1 unspecified atom stereocenters. The average molecular weight is 473 g/mol. The Balaban J connectivity index is 1.70. The monoisotopic (exact) mass is 472 g/mol. The maximum atomic E-state index is 13.4. The molecule has 0 N–H and O–H groups in total. The minimum Gasteiger partial charge on any atom is -0.493 e. The second-order valence-corrected chi connectivity index (χ2v) is 8.85. The highest BCUT2D eigenvalue weighted by atomic mass is 32.2. The molecule has 7 nitrogen and oxygen atoms in total. The second kappa shape index (κ2) is 7.85. The first-order chi connectivity index (χ1) is 16.6. The zero-order valence-corrected chi connectivity index (χ0v) is 19.5. The van der Waals surface area contributed by atoms with Gasteiger partial charge in [0.1, 0.15) is 5.58 Å². The number of ether oxygens (including phenoxy) is 3. The number of fused-ring (bicyclic) bond motifs is 6. The number of anilines is 1. The van der Waals surface area contributed by atoms with Gasteiger partial charge in [0.2, 0.25) is 5.75 Å². The Morgan fingerprint density at radius 1 is 0.941 bits per heavy atom. The van der Waals surface area contributed by atoms with Crippen LogP contribution in [-0.2, 0) is 0 Å². The molecule has 2 aliphatic rings. The maximum absolute atomic E-state index is 13.4. The molecule has 0 saturated heterocycles. The summed E-state index contributed by atoms with van der Waals surface area (Å²) in [6.45, 7) is 0. The molecule has 3 heterocycles. The van der Waals surface area contributed by atoms with E-state index in [1.165, 1.54) is 0 Å². The number of methoxy groups -OCH3 is 3. The third-order valence-electron chi connectivity index (χ3n) is 6.09. The summed E-state index contributed by atoms with van der Waals surface area (Å²) in [5.41, 5.74) is 2.94. The quantitative estimate of drug-likeness (QED) is 0.362. The van der Waals surface area contributed by atoms with Crippen LogP contribution in [0.15, 0.2) is 79.8 Å². The van der Waals surface area contributed by atoms with Crippen LogP contribution in [0.5, 0.6) is 17.2 Å². The number of thioether (sulfide) groups is 1. The van der Waals surface area contributed by atoms with Crippen molar-refractivity contribution in [2.45, 2.75) is 10.9 Å². The first-order valence-electron chi connectivity index (χ1n) is 10.6. The van der Waals surface area contributed by atoms with E-state index >= 15 is 0 Å². The molecule has 0 bridgehead atoms. The summed E-state index contributed by atoms with van der Waals surface area (Å²) in [5.74, 6) is 1.50. The van der Waals surface area contributed by atoms with E-state index in [2.05, 4.69) is 11.0 Å². The van der Waals surface area contributed by atoms with E-state index < -0.39 is 11.7 Å². The number of benzene rings is 3. The van der Waals surface area contributed by atoms with E-state index in [-0.39, 0.29) is 0 Å². The molecule has 0 fully saturated rings. The van der Waals surface area contributed by atoms with Crippen LogP contribution in [0.4, 0.5) is 11.4 Å². The van der Waals surface area contributed by atoms with Crippen LogP contribution in [0, 0.1) is 0 Å². The molecular formula is C26H20N2O5S. The van der Waals surface area contributed by atoms with Crippen LogP contribution in [0.3, 0.4) is 0 Å². The predicted molar refractivity (Wildman–Crippen MR) is 132 cm³/mol. The molecule has 0 spiro atoms. The second-order valence-electron chi connectivity index (χ2n) is 7.84. The summed E-state index contributed by atoms with van der Waals surface area (Å²) in [6.07, 6.45) is 0. The number of para-hydroxylation sites is 2. The van der Waals surface area contributed by atoms with Crippen molar-refractivity contribution in [3.05, 3.63) is 82.2 Å². The highest BCUT2D eigenvalue weighted by Crippen LogP contribution is 2.53. The molecule has 1 aromatic heterocycles. The third-order valence-corrected chi connectivity index (χ3v) is 7.13. The smallest absolute Gasteiger partial charge is 0.344 e. The molecule has 0 amide bonds. The highest BCUT2D eigenvalue weighted by molar-refractivity contribution is 8.14. The fourth-order valence-corrected chi connectivity index (χ4v) is 5.68. The van der Waals surface area contributed by atoms with Gasteiger partial charge in [0.25, 0.3) is 0 Å². The van der Waals surface area contributed by atoms with Gasteiger partial charge in [-0.25, -0.2) is 9.79 Å². The van der Waals surface area contributed by atoms with Crippen molar-refractivity contribution in [2.24, 2.45) is 4.99 Å². The van der Waals surface area contributed by atoms with E-state index in [0.29, 0.717) is 34.1 Å². The third kappa shape index (κ3) is 2.92. The van der Waals surface area contributed by atoms with Crippen molar-refractivity contribution in [1.82, 2.24) is 0 Å². The number of nitrogens with zero attached hydrogens (tertiary/aromatic N) is 2. The standard InChI is InChI=1S/C26H20N2O5S/c1-30-18-12-14(13-19(31-2)24(18)32-3)23-21-22(15-8-4-6-10-17(15)33-25(21)29)27-26-28(23)16-9-5-7-11-20(16)34-26/h4-13,23H,1-3H3. The van der Waals surface area contributed by atoms with Crippen LogP contribution in [-0.4, -0.2) is 26.5 Å². The van der Waals surface area contributed by atoms with Crippen LogP contribution in [0.1, 0.15) is 17.2 Å². The number of hydrogen-bond acceptors (Lipinski definition) is 8. The van der Waals surface area contributed by atoms with Gasteiger partial charge in [-0.05, 0) is 53.7 Å². The first-order valence-corrected chi connectivity index (χ1v) is 11.5. The molecule has 2 aliphatic heterocycles. The van der Waals surface area contributed by atoms with Crippen molar-refractivity contribution in [2.75, 3.05) is 26.2 Å². The average Bonchev–Trinajstić information content (AvgIpc) is 3.25. The number of hydrogen-bond donors (Lipinski definition) is 0. The molecule has 0 aliphatic carbocycles. The molecule has 34 heavy (non-hydrogen) atoms. The molecule has 4 aromatic rings. The molecule has 170 valence electrons. The minimum absolute atomic E-state index is 0.426. The van der Waals surface area contributed by atoms with E-state index in [1.54, 1.807) is 39.2 Å². The Morgan fingerprint density at radius 2 is 1.65 bits per heavy atom. The normalized spacial score (nSPS) is 15.9. The summed E-state index contributed by atoms with van der Waals surface area (Å²) >= 11 is 1.58. The van der Waals surface area contributed by atoms with Crippen molar-refractivity contribution < 1.29 is 18.6 Å². The largest absolute Gasteiger partial charge is 0.493 e. The van der Waals surface area contributed by atoms with Crippen molar-refractivity contribution in [3.8, 4) is 17.2 Å². The van der Waals surface area contributed by atoms with Gasteiger partial charge in [-0.2, -0.15) is 0 Å². The van der Waals surface area contributed by atoms with Gasteiger partial charge in [-0.3, -0.25) is 0 Å². The van der Waals surface area contributed by atoms with Gasteiger partial charge in [0.05, 0.1) is 44.3 Å².